The third-order valence-electron chi connectivity index (χ3n) is 8.07. The minimum atomic E-state index is 0.572. The van der Waals surface area contributed by atoms with Gasteiger partial charge in [0.25, 0.3) is 0 Å². The molecule has 0 radical (unpaired) electrons. The molecule has 178 valence electrons. The summed E-state index contributed by atoms with van der Waals surface area (Å²) in [6.45, 7) is 4.16. The zero-order valence-electron chi connectivity index (χ0n) is 20.2. The van der Waals surface area contributed by atoms with Crippen LogP contribution in [0.2, 0.25) is 0 Å². The fraction of sp³-hybridized carbons (Fsp3) is 0.379. The number of benzene rings is 2. The van der Waals surface area contributed by atoms with Crippen LogP contribution in [0.15, 0.2) is 54.9 Å². The minimum absolute atomic E-state index is 0.572. The maximum atomic E-state index is 9.31. The van der Waals surface area contributed by atoms with E-state index in [1.165, 1.54) is 47.7 Å². The van der Waals surface area contributed by atoms with E-state index in [-0.39, 0.29) is 0 Å². The SMILES string of the molecule is COc1ccc2ncccc2c1N1CCN(C2CCC(c3c[nH]c4ccc(C#N)cc34)CC2)CC1. The molecular weight excluding hydrogens is 434 g/mol. The number of nitriles is 1. The minimum Gasteiger partial charge on any atom is -0.495 e. The molecule has 6 rings (SSSR count). The number of hydrogen-bond acceptors (Lipinski definition) is 5. The van der Waals surface area contributed by atoms with Crippen molar-refractivity contribution < 1.29 is 4.74 Å². The molecule has 1 saturated heterocycles. The number of aromatic nitrogens is 2. The fourth-order valence-electron chi connectivity index (χ4n) is 6.22. The normalized spacial score (nSPS) is 21.3. The third-order valence-corrected chi connectivity index (χ3v) is 8.07. The Labute approximate surface area is 206 Å². The second kappa shape index (κ2) is 9.24. The molecule has 3 heterocycles. The predicted octanol–water partition coefficient (Wildman–Crippen LogP) is 5.44. The first-order chi connectivity index (χ1) is 17.2. The highest BCUT2D eigenvalue weighted by Crippen LogP contribution is 2.40. The lowest BCUT2D eigenvalue weighted by atomic mass is 9.81. The van der Waals surface area contributed by atoms with E-state index in [0.29, 0.717) is 12.0 Å². The topological polar surface area (TPSA) is 68.2 Å². The number of rotatable bonds is 4. The second-order valence-electron chi connectivity index (χ2n) is 9.83. The third kappa shape index (κ3) is 4.00. The van der Waals surface area contributed by atoms with E-state index in [4.69, 9.17) is 4.74 Å². The number of fused-ring (bicyclic) bond motifs is 2. The average Bonchev–Trinajstić information content (AvgIpc) is 3.36. The Balaban J connectivity index is 1.12. The van der Waals surface area contributed by atoms with Crippen molar-refractivity contribution in [2.75, 3.05) is 38.2 Å². The molecule has 1 aliphatic heterocycles. The first-order valence-electron chi connectivity index (χ1n) is 12.7. The monoisotopic (exact) mass is 465 g/mol. The molecule has 35 heavy (non-hydrogen) atoms. The molecule has 1 aliphatic carbocycles. The smallest absolute Gasteiger partial charge is 0.142 e. The average molecular weight is 466 g/mol. The summed E-state index contributed by atoms with van der Waals surface area (Å²) in [7, 11) is 1.75. The van der Waals surface area contributed by atoms with Crippen LogP contribution in [-0.2, 0) is 0 Å². The number of pyridine rings is 1. The molecule has 2 aromatic heterocycles. The molecule has 1 N–H and O–H groups in total. The highest BCUT2D eigenvalue weighted by Gasteiger charge is 2.30. The Bertz CT molecular complexity index is 1390. The zero-order chi connectivity index (χ0) is 23.8. The highest BCUT2D eigenvalue weighted by molar-refractivity contribution is 5.95. The number of anilines is 1. The Kier molecular flexibility index (Phi) is 5.79. The molecule has 0 bridgehead atoms. The number of methoxy groups -OCH3 is 1. The highest BCUT2D eigenvalue weighted by atomic mass is 16.5. The molecule has 0 spiro atoms. The molecule has 2 aliphatic rings. The van der Waals surface area contributed by atoms with Gasteiger partial charge in [-0.2, -0.15) is 5.26 Å². The van der Waals surface area contributed by atoms with Crippen LogP contribution in [0.3, 0.4) is 0 Å². The van der Waals surface area contributed by atoms with E-state index in [9.17, 15) is 5.26 Å². The molecule has 0 atom stereocenters. The van der Waals surface area contributed by atoms with Gasteiger partial charge in [0.2, 0.25) is 0 Å². The maximum Gasteiger partial charge on any atom is 0.142 e. The van der Waals surface area contributed by atoms with Crippen molar-refractivity contribution in [1.82, 2.24) is 14.9 Å². The first-order valence-corrected chi connectivity index (χ1v) is 12.7. The van der Waals surface area contributed by atoms with Gasteiger partial charge in [-0.15, -0.1) is 0 Å². The second-order valence-corrected chi connectivity index (χ2v) is 9.83. The van der Waals surface area contributed by atoms with Crippen molar-refractivity contribution in [2.24, 2.45) is 0 Å². The van der Waals surface area contributed by atoms with E-state index >= 15 is 0 Å². The van der Waals surface area contributed by atoms with Gasteiger partial charge in [-0.25, -0.2) is 0 Å². The van der Waals surface area contributed by atoms with Crippen LogP contribution in [0.1, 0.15) is 42.7 Å². The summed E-state index contributed by atoms with van der Waals surface area (Å²) in [6, 6.07) is 17.2. The number of hydrogen-bond donors (Lipinski definition) is 1. The van der Waals surface area contributed by atoms with Gasteiger partial charge in [-0.05, 0) is 79.6 Å². The summed E-state index contributed by atoms with van der Waals surface area (Å²) in [4.78, 5) is 13.1. The van der Waals surface area contributed by atoms with E-state index in [1.807, 2.05) is 42.6 Å². The molecule has 1 saturated carbocycles. The van der Waals surface area contributed by atoms with E-state index in [1.54, 1.807) is 7.11 Å². The van der Waals surface area contributed by atoms with E-state index in [2.05, 4.69) is 38.1 Å². The molecule has 2 fully saturated rings. The standard InChI is InChI=1S/C29H31N5O/c1-35-28-11-10-26-23(3-2-12-31-26)29(28)34-15-13-33(14-16-34)22-7-5-21(6-8-22)25-19-32-27-9-4-20(18-30)17-24(25)27/h2-4,9-12,17,19,21-22,32H,5-8,13-16H2,1H3. The predicted molar refractivity (Wildman–Crippen MR) is 140 cm³/mol. The van der Waals surface area contributed by atoms with E-state index < -0.39 is 0 Å². The Morgan fingerprint density at radius 1 is 1.00 bits per heavy atom. The molecule has 0 unspecified atom stereocenters. The van der Waals surface area contributed by atoms with Crippen molar-refractivity contribution >= 4 is 27.5 Å². The summed E-state index contributed by atoms with van der Waals surface area (Å²) in [5.74, 6) is 1.50. The van der Waals surface area contributed by atoms with Crippen LogP contribution in [0.25, 0.3) is 21.8 Å². The lowest BCUT2D eigenvalue weighted by molar-refractivity contribution is 0.141. The molecular formula is C29H31N5O. The quantitative estimate of drug-likeness (QED) is 0.434. The largest absolute Gasteiger partial charge is 0.495 e. The van der Waals surface area contributed by atoms with Gasteiger partial charge in [0, 0.05) is 60.9 Å². The molecule has 4 aromatic rings. The lowest BCUT2D eigenvalue weighted by Crippen LogP contribution is -2.51. The summed E-state index contributed by atoms with van der Waals surface area (Å²) < 4.78 is 5.74. The van der Waals surface area contributed by atoms with Crippen LogP contribution in [0.4, 0.5) is 5.69 Å². The van der Waals surface area contributed by atoms with Crippen LogP contribution >= 0.6 is 0 Å². The van der Waals surface area contributed by atoms with Crippen molar-refractivity contribution in [3.05, 3.63) is 66.0 Å². The summed E-state index contributed by atoms with van der Waals surface area (Å²) in [5.41, 5.74) is 5.46. The Morgan fingerprint density at radius 2 is 1.83 bits per heavy atom. The Morgan fingerprint density at radius 3 is 2.60 bits per heavy atom. The van der Waals surface area contributed by atoms with Crippen molar-refractivity contribution in [1.29, 1.82) is 5.26 Å². The van der Waals surface area contributed by atoms with Crippen molar-refractivity contribution in [2.45, 2.75) is 37.6 Å². The van der Waals surface area contributed by atoms with Gasteiger partial charge in [-0.1, -0.05) is 0 Å². The van der Waals surface area contributed by atoms with Crippen molar-refractivity contribution in [3.63, 3.8) is 0 Å². The number of ether oxygens (including phenoxy) is 1. The molecule has 6 nitrogen and oxygen atoms in total. The number of nitrogens with one attached hydrogen (secondary N) is 1. The van der Waals surface area contributed by atoms with Crippen LogP contribution in [-0.4, -0.2) is 54.2 Å². The van der Waals surface area contributed by atoms with Gasteiger partial charge in [0.1, 0.15) is 5.75 Å². The lowest BCUT2D eigenvalue weighted by Gasteiger charge is -2.43. The maximum absolute atomic E-state index is 9.31. The van der Waals surface area contributed by atoms with Gasteiger partial charge in [-0.3, -0.25) is 9.88 Å². The first kappa shape index (κ1) is 21.9. The molecule has 2 aromatic carbocycles. The summed E-state index contributed by atoms with van der Waals surface area (Å²) >= 11 is 0. The summed E-state index contributed by atoms with van der Waals surface area (Å²) in [5, 5.41) is 11.7. The van der Waals surface area contributed by atoms with Gasteiger partial charge in [0.05, 0.1) is 29.9 Å². The van der Waals surface area contributed by atoms with Crippen molar-refractivity contribution in [3.8, 4) is 11.8 Å². The number of H-pyrrole nitrogens is 1. The van der Waals surface area contributed by atoms with Crippen LogP contribution in [0.5, 0.6) is 5.75 Å². The number of piperazine rings is 1. The number of aromatic amines is 1. The molecule has 6 heteroatoms. The van der Waals surface area contributed by atoms with Gasteiger partial charge in [0.15, 0.2) is 0 Å². The Hall–Kier alpha value is -3.56. The van der Waals surface area contributed by atoms with Crippen LogP contribution in [0, 0.1) is 11.3 Å². The number of nitrogens with zero attached hydrogens (tertiary/aromatic N) is 4. The zero-order valence-corrected chi connectivity index (χ0v) is 20.2. The van der Waals surface area contributed by atoms with Crippen LogP contribution < -0.4 is 9.64 Å². The van der Waals surface area contributed by atoms with Gasteiger partial charge < -0.3 is 14.6 Å². The van der Waals surface area contributed by atoms with E-state index in [0.717, 1.165) is 48.5 Å². The fourth-order valence-corrected chi connectivity index (χ4v) is 6.22. The summed E-state index contributed by atoms with van der Waals surface area (Å²) in [6.07, 6.45) is 8.90. The molecule has 0 amide bonds. The van der Waals surface area contributed by atoms with Gasteiger partial charge >= 0.3 is 0 Å².